The molecule has 0 fully saturated rings. The van der Waals surface area contributed by atoms with Crippen LogP contribution in [0.15, 0.2) is 36.8 Å². The minimum atomic E-state index is -1.24. The molecule has 5 rings (SSSR count). The lowest BCUT2D eigenvalue weighted by molar-refractivity contribution is -0.125. The number of ether oxygens (including phenoxy) is 1. The van der Waals surface area contributed by atoms with E-state index in [9.17, 15) is 14.7 Å². The summed E-state index contributed by atoms with van der Waals surface area (Å²) in [7, 11) is 0. The zero-order chi connectivity index (χ0) is 28.9. The number of hydrogen-bond donors (Lipinski definition) is 2. The van der Waals surface area contributed by atoms with E-state index in [0.29, 0.717) is 28.3 Å². The van der Waals surface area contributed by atoms with Gasteiger partial charge in [0.2, 0.25) is 0 Å². The molecular formula is C28H30FN7O4. The van der Waals surface area contributed by atoms with Gasteiger partial charge in [-0.05, 0) is 53.7 Å². The minimum absolute atomic E-state index is 0.0496. The van der Waals surface area contributed by atoms with Crippen LogP contribution in [0.5, 0.6) is 5.75 Å². The van der Waals surface area contributed by atoms with Crippen LogP contribution in [0.4, 0.5) is 10.2 Å². The second kappa shape index (κ2) is 9.94. The van der Waals surface area contributed by atoms with E-state index in [-0.39, 0.29) is 47.3 Å². The van der Waals surface area contributed by atoms with E-state index in [1.807, 2.05) is 13.8 Å². The molecule has 5 heterocycles. The van der Waals surface area contributed by atoms with Crippen molar-refractivity contribution < 1.29 is 23.8 Å². The Morgan fingerprint density at radius 3 is 2.58 bits per heavy atom. The largest absolute Gasteiger partial charge is 0.477 e. The van der Waals surface area contributed by atoms with Crippen molar-refractivity contribution in [3.8, 4) is 16.9 Å². The number of rotatable bonds is 6. The SMILES string of the molecule is Cc1nc2cc(F)c(-c3cnc(C(C)(C)O)nc3)cn2c1CN1C(=O)C(C)Oc2ccc(C(=O)NC(C)C)nc21. The average Bonchev–Trinajstić information content (AvgIpc) is 3.18. The Hall–Kier alpha value is -4.45. The molecule has 2 amide bonds. The van der Waals surface area contributed by atoms with Crippen molar-refractivity contribution in [3.05, 3.63) is 65.5 Å². The average molecular weight is 548 g/mol. The molecule has 0 bridgehead atoms. The summed E-state index contributed by atoms with van der Waals surface area (Å²) in [5.41, 5.74) is 1.11. The normalized spacial score (nSPS) is 15.4. The highest BCUT2D eigenvalue weighted by Gasteiger charge is 2.34. The molecule has 1 aliphatic rings. The quantitative estimate of drug-likeness (QED) is 0.375. The van der Waals surface area contributed by atoms with Crippen molar-refractivity contribution in [2.45, 2.75) is 65.8 Å². The number of carbonyl (C=O) groups excluding carboxylic acids is 2. The fourth-order valence-corrected chi connectivity index (χ4v) is 4.47. The lowest BCUT2D eigenvalue weighted by atomic mass is 10.1. The first-order valence-electron chi connectivity index (χ1n) is 12.9. The smallest absolute Gasteiger partial charge is 0.270 e. The van der Waals surface area contributed by atoms with Crippen LogP contribution in [0.2, 0.25) is 0 Å². The Morgan fingerprint density at radius 1 is 1.23 bits per heavy atom. The fraction of sp³-hybridized carbons (Fsp3) is 0.357. The van der Waals surface area contributed by atoms with Gasteiger partial charge in [0, 0.05) is 41.8 Å². The van der Waals surface area contributed by atoms with Crippen molar-refractivity contribution in [1.29, 1.82) is 0 Å². The standard InChI is InChI=1S/C28H30FN7O4/c1-14(2)32-25(37)20-7-8-22-24(34-20)36(26(38)16(4)40-22)13-21-15(3)33-23-9-19(29)18(12-35(21)23)17-10-30-27(31-11-17)28(5,6)39/h7-12,14,16,39H,13H2,1-6H3,(H,32,37). The van der Waals surface area contributed by atoms with E-state index in [0.717, 1.165) is 0 Å². The molecule has 208 valence electrons. The third-order valence-electron chi connectivity index (χ3n) is 6.49. The van der Waals surface area contributed by atoms with Crippen molar-refractivity contribution in [2.24, 2.45) is 0 Å². The third kappa shape index (κ3) is 4.97. The van der Waals surface area contributed by atoms with Gasteiger partial charge >= 0.3 is 0 Å². The van der Waals surface area contributed by atoms with Gasteiger partial charge in [-0.2, -0.15) is 0 Å². The number of pyridine rings is 2. The summed E-state index contributed by atoms with van der Waals surface area (Å²) in [6.45, 7) is 10.3. The molecule has 1 aliphatic heterocycles. The van der Waals surface area contributed by atoms with Gasteiger partial charge < -0.3 is 19.6 Å². The van der Waals surface area contributed by atoms with E-state index in [2.05, 4.69) is 25.3 Å². The summed E-state index contributed by atoms with van der Waals surface area (Å²) in [6, 6.07) is 4.39. The van der Waals surface area contributed by atoms with E-state index >= 15 is 4.39 Å². The number of hydrogen-bond acceptors (Lipinski definition) is 8. The molecule has 2 N–H and O–H groups in total. The van der Waals surface area contributed by atoms with Gasteiger partial charge in [-0.3, -0.25) is 14.5 Å². The Kier molecular flexibility index (Phi) is 6.74. The summed E-state index contributed by atoms with van der Waals surface area (Å²) in [5.74, 6) is -0.430. The predicted molar refractivity (Wildman–Crippen MR) is 144 cm³/mol. The molecule has 1 unspecified atom stereocenters. The number of anilines is 1. The fourth-order valence-electron chi connectivity index (χ4n) is 4.47. The van der Waals surface area contributed by atoms with Crippen LogP contribution in [0.25, 0.3) is 16.8 Å². The molecule has 4 aromatic heterocycles. The number of fused-ring (bicyclic) bond motifs is 2. The summed E-state index contributed by atoms with van der Waals surface area (Å²) in [4.78, 5) is 44.8. The van der Waals surface area contributed by atoms with Gasteiger partial charge in [-0.25, -0.2) is 24.3 Å². The highest BCUT2D eigenvalue weighted by Crippen LogP contribution is 2.34. The molecule has 0 radical (unpaired) electrons. The van der Waals surface area contributed by atoms with Crippen molar-refractivity contribution >= 4 is 23.3 Å². The highest BCUT2D eigenvalue weighted by atomic mass is 19.1. The number of amides is 2. The molecule has 1 atom stereocenters. The molecule has 4 aromatic rings. The van der Waals surface area contributed by atoms with Crippen LogP contribution < -0.4 is 15.0 Å². The summed E-state index contributed by atoms with van der Waals surface area (Å²) in [6.07, 6.45) is 3.71. The lowest BCUT2D eigenvalue weighted by Crippen LogP contribution is -2.45. The summed E-state index contributed by atoms with van der Waals surface area (Å²) in [5, 5.41) is 13.0. The molecule has 0 saturated heterocycles. The number of aryl methyl sites for hydroxylation is 1. The van der Waals surface area contributed by atoms with Crippen LogP contribution in [0.3, 0.4) is 0 Å². The first-order valence-corrected chi connectivity index (χ1v) is 12.9. The summed E-state index contributed by atoms with van der Waals surface area (Å²) >= 11 is 0. The molecule has 11 nitrogen and oxygen atoms in total. The first kappa shape index (κ1) is 27.1. The van der Waals surface area contributed by atoms with E-state index in [4.69, 9.17) is 4.74 Å². The maximum atomic E-state index is 15.2. The van der Waals surface area contributed by atoms with E-state index < -0.39 is 17.5 Å². The van der Waals surface area contributed by atoms with Gasteiger partial charge in [-0.1, -0.05) is 0 Å². The number of carbonyl (C=O) groups is 2. The lowest BCUT2D eigenvalue weighted by Gasteiger charge is -2.32. The van der Waals surface area contributed by atoms with Gasteiger partial charge in [-0.15, -0.1) is 0 Å². The van der Waals surface area contributed by atoms with Crippen LogP contribution in [-0.4, -0.2) is 53.4 Å². The number of halogens is 1. The van der Waals surface area contributed by atoms with Crippen molar-refractivity contribution in [2.75, 3.05) is 4.90 Å². The van der Waals surface area contributed by atoms with Gasteiger partial charge in [0.1, 0.15) is 22.8 Å². The molecular weight excluding hydrogens is 517 g/mol. The molecule has 0 aromatic carbocycles. The van der Waals surface area contributed by atoms with E-state index in [1.54, 1.807) is 50.4 Å². The van der Waals surface area contributed by atoms with Crippen LogP contribution in [0, 0.1) is 12.7 Å². The van der Waals surface area contributed by atoms with E-state index in [1.165, 1.54) is 23.4 Å². The first-order chi connectivity index (χ1) is 18.8. The number of nitrogens with zero attached hydrogens (tertiary/aromatic N) is 6. The number of aromatic nitrogens is 5. The minimum Gasteiger partial charge on any atom is -0.477 e. The molecule has 0 saturated carbocycles. The second-order valence-corrected chi connectivity index (χ2v) is 10.6. The summed E-state index contributed by atoms with van der Waals surface area (Å²) < 4.78 is 22.6. The maximum Gasteiger partial charge on any atom is 0.270 e. The maximum absolute atomic E-state index is 15.2. The Morgan fingerprint density at radius 2 is 1.93 bits per heavy atom. The highest BCUT2D eigenvalue weighted by molar-refractivity contribution is 6.00. The van der Waals surface area contributed by atoms with Crippen LogP contribution in [0.1, 0.15) is 62.3 Å². The molecule has 0 aliphatic carbocycles. The van der Waals surface area contributed by atoms with Crippen molar-refractivity contribution in [3.63, 3.8) is 0 Å². The molecule has 40 heavy (non-hydrogen) atoms. The van der Waals surface area contributed by atoms with Crippen molar-refractivity contribution in [1.82, 2.24) is 29.7 Å². The molecule has 12 heteroatoms. The van der Waals surface area contributed by atoms with Crippen LogP contribution >= 0.6 is 0 Å². The predicted octanol–water partition coefficient (Wildman–Crippen LogP) is 3.31. The van der Waals surface area contributed by atoms with Crippen LogP contribution in [-0.2, 0) is 16.9 Å². The molecule has 0 spiro atoms. The zero-order valence-corrected chi connectivity index (χ0v) is 23.1. The Bertz CT molecular complexity index is 1630. The Labute approximate surface area is 230 Å². The monoisotopic (exact) mass is 547 g/mol. The zero-order valence-electron chi connectivity index (χ0n) is 23.1. The Balaban J connectivity index is 1.56. The number of imidazole rings is 1. The third-order valence-corrected chi connectivity index (χ3v) is 6.49. The second-order valence-electron chi connectivity index (χ2n) is 10.6. The number of nitrogens with one attached hydrogen (secondary N) is 1. The van der Waals surface area contributed by atoms with Gasteiger partial charge in [0.05, 0.1) is 17.9 Å². The van der Waals surface area contributed by atoms with Gasteiger partial charge in [0.15, 0.2) is 23.5 Å². The topological polar surface area (TPSA) is 135 Å². The number of aliphatic hydroxyl groups is 1. The van der Waals surface area contributed by atoms with Gasteiger partial charge in [0.25, 0.3) is 11.8 Å².